The number of amides is 1. The number of nitrogens with one attached hydrogen (secondary N) is 2. The van der Waals surface area contributed by atoms with Crippen molar-refractivity contribution in [3.8, 4) is 17.2 Å². The summed E-state index contributed by atoms with van der Waals surface area (Å²) < 4.78 is 11.3. The summed E-state index contributed by atoms with van der Waals surface area (Å²) in [5.74, 6) is 0.768. The van der Waals surface area contributed by atoms with Crippen LogP contribution in [0, 0.1) is 6.92 Å². The average Bonchev–Trinajstić information content (AvgIpc) is 3.18. The number of para-hydroxylation sites is 2. The number of methoxy groups -OCH3 is 1. The molecule has 0 radical (unpaired) electrons. The first-order valence-corrected chi connectivity index (χ1v) is 9.67. The van der Waals surface area contributed by atoms with Crippen LogP contribution in [0.15, 0.2) is 71.1 Å². The van der Waals surface area contributed by atoms with Crippen LogP contribution in [0.4, 0.5) is 5.69 Å². The van der Waals surface area contributed by atoms with E-state index in [0.29, 0.717) is 28.5 Å². The Kier molecular flexibility index (Phi) is 5.45. The molecule has 2 N–H and O–H groups in total. The maximum Gasteiger partial charge on any atom is 0.257 e. The highest BCUT2D eigenvalue weighted by Crippen LogP contribution is 2.31. The number of nitrogens with zero attached hydrogens (tertiary/aromatic N) is 1. The molecule has 0 bridgehead atoms. The molecule has 6 nitrogen and oxygen atoms in total. The molecule has 7 heteroatoms. The molecule has 4 aromatic rings. The van der Waals surface area contributed by atoms with Gasteiger partial charge in [-0.2, -0.15) is 0 Å². The predicted octanol–water partition coefficient (Wildman–Crippen LogP) is 4.94. The second-order valence-electron chi connectivity index (χ2n) is 6.68. The number of hydrogen-bond donors (Lipinski definition) is 2. The Labute approximate surface area is 178 Å². The van der Waals surface area contributed by atoms with Crippen LogP contribution in [0.5, 0.6) is 5.75 Å². The minimum Gasteiger partial charge on any atom is -0.495 e. The largest absolute Gasteiger partial charge is 0.495 e. The van der Waals surface area contributed by atoms with Gasteiger partial charge in [-0.1, -0.05) is 29.8 Å². The molecular weight excluding hydrogens is 398 g/mol. The zero-order chi connectivity index (χ0) is 21.1. The number of aryl methyl sites for hydroxylation is 1. The van der Waals surface area contributed by atoms with Crippen molar-refractivity contribution < 1.29 is 13.9 Å². The van der Waals surface area contributed by atoms with E-state index in [1.54, 1.807) is 25.3 Å². The number of aromatic nitrogens is 1. The average molecular weight is 417 g/mol. The molecule has 0 unspecified atom stereocenters. The molecule has 0 aliphatic carbocycles. The number of benzene rings is 3. The van der Waals surface area contributed by atoms with E-state index in [1.165, 1.54) is 0 Å². The lowest BCUT2D eigenvalue weighted by Crippen LogP contribution is -2.34. The molecule has 4 rings (SSSR count). The molecular formula is C23H19N3O3S. The second-order valence-corrected chi connectivity index (χ2v) is 7.09. The van der Waals surface area contributed by atoms with Crippen LogP contribution in [0.2, 0.25) is 0 Å². The van der Waals surface area contributed by atoms with Gasteiger partial charge in [0.15, 0.2) is 10.7 Å². The quantitative estimate of drug-likeness (QED) is 0.458. The van der Waals surface area contributed by atoms with Crippen molar-refractivity contribution in [2.75, 3.05) is 12.4 Å². The summed E-state index contributed by atoms with van der Waals surface area (Å²) in [7, 11) is 1.56. The van der Waals surface area contributed by atoms with Gasteiger partial charge in [0.1, 0.15) is 11.3 Å². The topological polar surface area (TPSA) is 76.4 Å². The lowest BCUT2D eigenvalue weighted by Gasteiger charge is -2.13. The van der Waals surface area contributed by atoms with E-state index in [1.807, 2.05) is 55.5 Å². The molecule has 0 aliphatic rings. The van der Waals surface area contributed by atoms with Crippen molar-refractivity contribution in [3.63, 3.8) is 0 Å². The van der Waals surface area contributed by atoms with Gasteiger partial charge in [-0.05, 0) is 61.6 Å². The van der Waals surface area contributed by atoms with E-state index in [4.69, 9.17) is 21.4 Å². The molecule has 0 atom stereocenters. The summed E-state index contributed by atoms with van der Waals surface area (Å²) >= 11 is 5.33. The number of thiocarbonyl (C=S) groups is 1. The Morgan fingerprint density at radius 2 is 1.90 bits per heavy atom. The summed E-state index contributed by atoms with van der Waals surface area (Å²) in [5.41, 5.74) is 4.35. The number of rotatable bonds is 4. The summed E-state index contributed by atoms with van der Waals surface area (Å²) in [6.45, 7) is 1.93. The van der Waals surface area contributed by atoms with E-state index in [-0.39, 0.29) is 11.0 Å². The van der Waals surface area contributed by atoms with Crippen LogP contribution < -0.4 is 15.4 Å². The van der Waals surface area contributed by atoms with E-state index < -0.39 is 0 Å². The van der Waals surface area contributed by atoms with Crippen molar-refractivity contribution in [3.05, 3.63) is 77.9 Å². The van der Waals surface area contributed by atoms with E-state index >= 15 is 0 Å². The fourth-order valence-corrected chi connectivity index (χ4v) is 3.25. The SMILES string of the molecule is COc1ccc(-c2nc3ccccc3o2)cc1NC(=S)NC(=O)c1cccc(C)c1. The van der Waals surface area contributed by atoms with Gasteiger partial charge in [0.2, 0.25) is 5.89 Å². The van der Waals surface area contributed by atoms with Gasteiger partial charge in [0, 0.05) is 11.1 Å². The highest BCUT2D eigenvalue weighted by Gasteiger charge is 2.14. The Morgan fingerprint density at radius 3 is 2.67 bits per heavy atom. The van der Waals surface area contributed by atoms with Crippen molar-refractivity contribution >= 4 is 40.0 Å². The highest BCUT2D eigenvalue weighted by molar-refractivity contribution is 7.80. The molecule has 1 aromatic heterocycles. The summed E-state index contributed by atoms with van der Waals surface area (Å²) in [6, 6.07) is 20.3. The van der Waals surface area contributed by atoms with Gasteiger partial charge in [-0.15, -0.1) is 0 Å². The smallest absolute Gasteiger partial charge is 0.257 e. The fourth-order valence-electron chi connectivity index (χ4n) is 3.05. The second kappa shape index (κ2) is 8.34. The van der Waals surface area contributed by atoms with Crippen LogP contribution in [-0.4, -0.2) is 23.1 Å². The standard InChI is InChI=1S/C23H19N3O3S/c1-14-6-5-7-15(12-14)21(27)26-23(30)25-18-13-16(10-11-19(18)28-2)22-24-17-8-3-4-9-20(17)29-22/h3-13H,1-2H3,(H2,25,26,27,30). The Morgan fingerprint density at radius 1 is 1.07 bits per heavy atom. The van der Waals surface area contributed by atoms with Crippen molar-refractivity contribution in [2.24, 2.45) is 0 Å². The third-order valence-electron chi connectivity index (χ3n) is 4.50. The van der Waals surface area contributed by atoms with Gasteiger partial charge >= 0.3 is 0 Å². The minimum atomic E-state index is -0.287. The molecule has 0 aliphatic heterocycles. The number of carbonyl (C=O) groups is 1. The van der Waals surface area contributed by atoms with Crippen LogP contribution in [0.3, 0.4) is 0 Å². The predicted molar refractivity (Wildman–Crippen MR) is 121 cm³/mol. The van der Waals surface area contributed by atoms with Gasteiger partial charge in [-0.25, -0.2) is 4.98 Å². The van der Waals surface area contributed by atoms with Crippen LogP contribution >= 0.6 is 12.2 Å². The molecule has 1 amide bonds. The van der Waals surface area contributed by atoms with E-state index in [9.17, 15) is 4.79 Å². The summed E-state index contributed by atoms with van der Waals surface area (Å²) in [6.07, 6.45) is 0. The Hall–Kier alpha value is -3.71. The zero-order valence-electron chi connectivity index (χ0n) is 16.4. The molecule has 1 heterocycles. The number of oxazole rings is 1. The molecule has 0 saturated carbocycles. The van der Waals surface area contributed by atoms with Crippen LogP contribution in [-0.2, 0) is 0 Å². The number of carbonyl (C=O) groups excluding carboxylic acids is 1. The van der Waals surface area contributed by atoms with E-state index in [2.05, 4.69) is 15.6 Å². The maximum absolute atomic E-state index is 12.4. The van der Waals surface area contributed by atoms with Crippen molar-refractivity contribution in [1.82, 2.24) is 10.3 Å². The lowest BCUT2D eigenvalue weighted by molar-refractivity contribution is 0.0977. The van der Waals surface area contributed by atoms with Gasteiger partial charge in [0.25, 0.3) is 5.91 Å². The lowest BCUT2D eigenvalue weighted by atomic mass is 10.1. The summed E-state index contributed by atoms with van der Waals surface area (Å²) in [4.78, 5) is 17.0. The Balaban J connectivity index is 1.56. The zero-order valence-corrected chi connectivity index (χ0v) is 17.2. The monoisotopic (exact) mass is 417 g/mol. The molecule has 0 saturated heterocycles. The van der Waals surface area contributed by atoms with Gasteiger partial charge < -0.3 is 14.5 Å². The number of ether oxygens (including phenoxy) is 1. The maximum atomic E-state index is 12.4. The van der Waals surface area contributed by atoms with Crippen molar-refractivity contribution in [1.29, 1.82) is 0 Å². The van der Waals surface area contributed by atoms with Crippen LogP contribution in [0.25, 0.3) is 22.6 Å². The number of hydrogen-bond acceptors (Lipinski definition) is 5. The third kappa shape index (κ3) is 4.16. The van der Waals surface area contributed by atoms with Crippen molar-refractivity contribution in [2.45, 2.75) is 6.92 Å². The summed E-state index contributed by atoms with van der Waals surface area (Å²) in [5, 5.41) is 5.88. The van der Waals surface area contributed by atoms with Crippen LogP contribution in [0.1, 0.15) is 15.9 Å². The molecule has 3 aromatic carbocycles. The first-order chi connectivity index (χ1) is 14.5. The van der Waals surface area contributed by atoms with Gasteiger partial charge in [-0.3, -0.25) is 10.1 Å². The van der Waals surface area contributed by atoms with E-state index in [0.717, 1.165) is 16.6 Å². The molecule has 0 fully saturated rings. The Bertz CT molecular complexity index is 1220. The molecule has 30 heavy (non-hydrogen) atoms. The minimum absolute atomic E-state index is 0.162. The number of anilines is 1. The fraction of sp³-hybridized carbons (Fsp3) is 0.0870. The first-order valence-electron chi connectivity index (χ1n) is 9.26. The molecule has 150 valence electrons. The highest BCUT2D eigenvalue weighted by atomic mass is 32.1. The first kappa shape index (κ1) is 19.6. The van der Waals surface area contributed by atoms with Gasteiger partial charge in [0.05, 0.1) is 12.8 Å². The third-order valence-corrected chi connectivity index (χ3v) is 4.70. The number of fused-ring (bicyclic) bond motifs is 1. The normalized spacial score (nSPS) is 10.6. The molecule has 0 spiro atoms.